The highest BCUT2D eigenvalue weighted by molar-refractivity contribution is 14.0. The van der Waals surface area contributed by atoms with E-state index in [0.717, 1.165) is 38.4 Å². The number of hydrogen-bond acceptors (Lipinski definition) is 3. The monoisotopic (exact) mass is 393 g/mol. The standard InChI is InChI=1S/C13H23N5O.HI/c1-3-14-13(18-7-5-12(19)10-18)15-6-4-11-8-16-17(2)9-11;/h8-9,12,19H,3-7,10H2,1-2H3,(H,14,15);1H/t12-;/m1./s1. The first-order valence-corrected chi connectivity index (χ1v) is 6.88. The number of aliphatic hydroxyl groups is 1. The number of guanidine groups is 1. The zero-order chi connectivity index (χ0) is 13.7. The number of aryl methyl sites for hydroxylation is 1. The van der Waals surface area contributed by atoms with Crippen molar-refractivity contribution in [1.29, 1.82) is 0 Å². The molecule has 1 atom stereocenters. The summed E-state index contributed by atoms with van der Waals surface area (Å²) in [6, 6.07) is 0. The Hall–Kier alpha value is -0.830. The molecule has 2 N–H and O–H groups in total. The molecule has 0 unspecified atom stereocenters. The Morgan fingerprint density at radius 1 is 1.60 bits per heavy atom. The molecule has 1 saturated heterocycles. The molecule has 1 aliphatic rings. The molecule has 0 aliphatic carbocycles. The molecule has 1 aromatic rings. The molecule has 1 fully saturated rings. The summed E-state index contributed by atoms with van der Waals surface area (Å²) in [6.07, 6.45) is 5.39. The number of aromatic nitrogens is 2. The molecule has 0 spiro atoms. The summed E-state index contributed by atoms with van der Waals surface area (Å²) in [4.78, 5) is 6.74. The van der Waals surface area contributed by atoms with Gasteiger partial charge in [-0.1, -0.05) is 0 Å². The van der Waals surface area contributed by atoms with E-state index in [1.165, 1.54) is 5.56 Å². The van der Waals surface area contributed by atoms with E-state index in [2.05, 4.69) is 27.2 Å². The summed E-state index contributed by atoms with van der Waals surface area (Å²) in [5, 5.41) is 17.0. The average molecular weight is 393 g/mol. The Morgan fingerprint density at radius 2 is 2.40 bits per heavy atom. The minimum Gasteiger partial charge on any atom is -0.391 e. The fourth-order valence-corrected chi connectivity index (χ4v) is 2.25. The maximum absolute atomic E-state index is 9.59. The predicted molar refractivity (Wildman–Crippen MR) is 90.5 cm³/mol. The number of nitrogens with zero attached hydrogens (tertiary/aromatic N) is 4. The SMILES string of the molecule is CCNC(=NCCc1cnn(C)c1)N1CC[C@@H](O)C1.I. The topological polar surface area (TPSA) is 65.7 Å². The number of hydrogen-bond donors (Lipinski definition) is 2. The van der Waals surface area contributed by atoms with E-state index < -0.39 is 0 Å². The summed E-state index contributed by atoms with van der Waals surface area (Å²) in [7, 11) is 1.92. The van der Waals surface area contributed by atoms with Crippen LogP contribution in [0, 0.1) is 0 Å². The van der Waals surface area contributed by atoms with Crippen molar-refractivity contribution in [2.75, 3.05) is 26.2 Å². The predicted octanol–water partition coefficient (Wildman–Crippen LogP) is 0.613. The van der Waals surface area contributed by atoms with Crippen molar-refractivity contribution in [1.82, 2.24) is 20.0 Å². The van der Waals surface area contributed by atoms with Crippen molar-refractivity contribution in [2.45, 2.75) is 25.9 Å². The third-order valence-electron chi connectivity index (χ3n) is 3.22. The molecule has 1 aliphatic heterocycles. The average Bonchev–Trinajstić information content (AvgIpc) is 2.97. The number of aliphatic hydroxyl groups excluding tert-OH is 1. The summed E-state index contributed by atoms with van der Waals surface area (Å²) in [5.41, 5.74) is 1.20. The third kappa shape index (κ3) is 4.93. The van der Waals surface area contributed by atoms with Gasteiger partial charge in [-0.05, 0) is 25.3 Å². The molecule has 7 heteroatoms. The smallest absolute Gasteiger partial charge is 0.194 e. The zero-order valence-corrected chi connectivity index (χ0v) is 14.4. The molecule has 0 saturated carbocycles. The summed E-state index contributed by atoms with van der Waals surface area (Å²) in [6.45, 7) is 5.20. The number of nitrogens with one attached hydrogen (secondary N) is 1. The van der Waals surface area contributed by atoms with E-state index in [0.29, 0.717) is 6.54 Å². The number of likely N-dealkylation sites (tertiary alicyclic amines) is 1. The molecular formula is C13H24IN5O. The van der Waals surface area contributed by atoms with Gasteiger partial charge in [0, 0.05) is 39.4 Å². The van der Waals surface area contributed by atoms with E-state index in [9.17, 15) is 5.11 Å². The van der Waals surface area contributed by atoms with Gasteiger partial charge < -0.3 is 15.3 Å². The number of β-amino-alcohol motifs (C(OH)–C–C–N with tert-alkyl or cyclic N) is 1. The molecule has 6 nitrogen and oxygen atoms in total. The van der Waals surface area contributed by atoms with E-state index in [4.69, 9.17) is 0 Å². The summed E-state index contributed by atoms with van der Waals surface area (Å²) >= 11 is 0. The van der Waals surface area contributed by atoms with Gasteiger partial charge in [0.05, 0.1) is 12.3 Å². The van der Waals surface area contributed by atoms with Crippen molar-refractivity contribution < 1.29 is 5.11 Å². The van der Waals surface area contributed by atoms with Crippen molar-refractivity contribution >= 4 is 29.9 Å². The molecule has 2 heterocycles. The Labute approximate surface area is 137 Å². The van der Waals surface area contributed by atoms with Crippen LogP contribution < -0.4 is 5.32 Å². The third-order valence-corrected chi connectivity index (χ3v) is 3.22. The van der Waals surface area contributed by atoms with Crippen LogP contribution in [-0.4, -0.2) is 58.0 Å². The molecule has 2 rings (SSSR count). The molecule has 0 amide bonds. The minimum atomic E-state index is -0.220. The number of rotatable bonds is 4. The lowest BCUT2D eigenvalue weighted by atomic mass is 10.3. The second-order valence-electron chi connectivity index (χ2n) is 4.90. The zero-order valence-electron chi connectivity index (χ0n) is 12.1. The second kappa shape index (κ2) is 8.46. The van der Waals surface area contributed by atoms with Crippen LogP contribution in [-0.2, 0) is 13.5 Å². The second-order valence-corrected chi connectivity index (χ2v) is 4.90. The van der Waals surface area contributed by atoms with Crippen LogP contribution in [0.25, 0.3) is 0 Å². The Kier molecular flexibility index (Phi) is 7.28. The van der Waals surface area contributed by atoms with Crippen molar-refractivity contribution in [3.8, 4) is 0 Å². The van der Waals surface area contributed by atoms with Crippen LogP contribution in [0.5, 0.6) is 0 Å². The van der Waals surface area contributed by atoms with Crippen LogP contribution in [0.4, 0.5) is 0 Å². The van der Waals surface area contributed by atoms with Crippen LogP contribution in [0.2, 0.25) is 0 Å². The van der Waals surface area contributed by atoms with E-state index in [-0.39, 0.29) is 30.1 Å². The van der Waals surface area contributed by atoms with E-state index >= 15 is 0 Å². The van der Waals surface area contributed by atoms with Crippen LogP contribution in [0.1, 0.15) is 18.9 Å². The van der Waals surface area contributed by atoms with Gasteiger partial charge >= 0.3 is 0 Å². The fraction of sp³-hybridized carbons (Fsp3) is 0.692. The molecule has 20 heavy (non-hydrogen) atoms. The van der Waals surface area contributed by atoms with Gasteiger partial charge in [0.15, 0.2) is 5.96 Å². The Bertz CT molecular complexity index is 434. The van der Waals surface area contributed by atoms with Gasteiger partial charge in [-0.2, -0.15) is 5.10 Å². The van der Waals surface area contributed by atoms with Crippen molar-refractivity contribution in [3.63, 3.8) is 0 Å². The minimum absolute atomic E-state index is 0. The lowest BCUT2D eigenvalue weighted by Gasteiger charge is -2.20. The van der Waals surface area contributed by atoms with Gasteiger partial charge in [-0.3, -0.25) is 9.67 Å². The Morgan fingerprint density at radius 3 is 2.95 bits per heavy atom. The first kappa shape index (κ1) is 17.2. The highest BCUT2D eigenvalue weighted by Gasteiger charge is 2.22. The molecule has 0 bridgehead atoms. The van der Waals surface area contributed by atoms with Crippen molar-refractivity contribution in [3.05, 3.63) is 18.0 Å². The number of halogens is 1. The first-order chi connectivity index (χ1) is 9.19. The molecular weight excluding hydrogens is 369 g/mol. The first-order valence-electron chi connectivity index (χ1n) is 6.88. The highest BCUT2D eigenvalue weighted by Crippen LogP contribution is 2.09. The lowest BCUT2D eigenvalue weighted by molar-refractivity contribution is 0.188. The molecule has 0 aromatic carbocycles. The maximum atomic E-state index is 9.59. The Balaban J connectivity index is 0.00000200. The summed E-state index contributed by atoms with van der Waals surface area (Å²) < 4.78 is 1.81. The largest absolute Gasteiger partial charge is 0.391 e. The fourth-order valence-electron chi connectivity index (χ4n) is 2.25. The number of aliphatic imine (C=N–C) groups is 1. The highest BCUT2D eigenvalue weighted by atomic mass is 127. The molecule has 1 aromatic heterocycles. The van der Waals surface area contributed by atoms with E-state index in [1.54, 1.807) is 4.68 Å². The normalized spacial score (nSPS) is 19.1. The van der Waals surface area contributed by atoms with Gasteiger partial charge in [0.25, 0.3) is 0 Å². The van der Waals surface area contributed by atoms with Gasteiger partial charge in [-0.25, -0.2) is 0 Å². The summed E-state index contributed by atoms with van der Waals surface area (Å²) in [5.74, 6) is 0.906. The van der Waals surface area contributed by atoms with E-state index in [1.807, 2.05) is 19.4 Å². The lowest BCUT2D eigenvalue weighted by Crippen LogP contribution is -2.40. The van der Waals surface area contributed by atoms with Gasteiger partial charge in [0.2, 0.25) is 0 Å². The van der Waals surface area contributed by atoms with Crippen LogP contribution in [0.3, 0.4) is 0 Å². The van der Waals surface area contributed by atoms with Crippen LogP contribution >= 0.6 is 24.0 Å². The molecule has 0 radical (unpaired) electrons. The van der Waals surface area contributed by atoms with Crippen LogP contribution in [0.15, 0.2) is 17.4 Å². The van der Waals surface area contributed by atoms with Crippen molar-refractivity contribution in [2.24, 2.45) is 12.0 Å². The van der Waals surface area contributed by atoms with Gasteiger partial charge in [-0.15, -0.1) is 24.0 Å². The van der Waals surface area contributed by atoms with Gasteiger partial charge in [0.1, 0.15) is 0 Å². The maximum Gasteiger partial charge on any atom is 0.194 e. The molecule has 114 valence electrons. The quantitative estimate of drug-likeness (QED) is 0.447.